The number of hydrogen-bond acceptors (Lipinski definition) is 5. The second-order valence-electron chi connectivity index (χ2n) is 8.48. The van der Waals surface area contributed by atoms with E-state index in [0.717, 1.165) is 31.2 Å². The number of aliphatic hydroxyl groups is 1. The van der Waals surface area contributed by atoms with Gasteiger partial charge in [0.05, 0.1) is 18.9 Å². The van der Waals surface area contributed by atoms with Crippen molar-refractivity contribution in [3.63, 3.8) is 0 Å². The highest BCUT2D eigenvalue weighted by atomic mass is 16.5. The molecule has 0 bridgehead atoms. The van der Waals surface area contributed by atoms with Gasteiger partial charge in [0, 0.05) is 12.1 Å². The number of ether oxygens (including phenoxy) is 1. The Hall–Kier alpha value is -3.80. The third-order valence-electron chi connectivity index (χ3n) is 6.49. The highest BCUT2D eigenvalue weighted by Gasteiger charge is 2.47. The van der Waals surface area contributed by atoms with Crippen molar-refractivity contribution in [2.75, 3.05) is 7.11 Å². The van der Waals surface area contributed by atoms with E-state index in [-0.39, 0.29) is 17.9 Å². The summed E-state index contributed by atoms with van der Waals surface area (Å²) in [6, 6.07) is 15.7. The van der Waals surface area contributed by atoms with Crippen molar-refractivity contribution in [2.45, 2.75) is 38.3 Å². The molecule has 6 nitrogen and oxygen atoms in total. The largest absolute Gasteiger partial charge is 0.507 e. The summed E-state index contributed by atoms with van der Waals surface area (Å²) in [6.45, 7) is 0.195. The Morgan fingerprint density at radius 2 is 1.82 bits per heavy atom. The van der Waals surface area contributed by atoms with E-state index in [0.29, 0.717) is 17.1 Å². The van der Waals surface area contributed by atoms with Gasteiger partial charge in [-0.25, -0.2) is 0 Å². The molecule has 1 fully saturated rings. The van der Waals surface area contributed by atoms with Crippen LogP contribution in [0.25, 0.3) is 5.76 Å². The molecular formula is C27H25NO5. The Morgan fingerprint density at radius 3 is 2.52 bits per heavy atom. The first kappa shape index (κ1) is 21.1. The molecule has 168 valence electrons. The fourth-order valence-electron chi connectivity index (χ4n) is 4.75. The number of aryl methyl sites for hydroxylation is 2. The van der Waals surface area contributed by atoms with Gasteiger partial charge in [0.15, 0.2) is 0 Å². The third kappa shape index (κ3) is 3.82. The number of fused-ring (bicyclic) bond motifs is 1. The average molecular weight is 443 g/mol. The number of hydrogen-bond donors (Lipinski definition) is 1. The van der Waals surface area contributed by atoms with Crippen LogP contribution in [0.2, 0.25) is 0 Å². The molecule has 33 heavy (non-hydrogen) atoms. The average Bonchev–Trinajstić information content (AvgIpc) is 3.46. The van der Waals surface area contributed by atoms with Gasteiger partial charge in [0.1, 0.15) is 23.3 Å². The minimum atomic E-state index is -0.807. The summed E-state index contributed by atoms with van der Waals surface area (Å²) in [5, 5.41) is 11.3. The molecule has 1 atom stereocenters. The molecule has 5 rings (SSSR count). The second-order valence-corrected chi connectivity index (χ2v) is 8.48. The van der Waals surface area contributed by atoms with E-state index < -0.39 is 17.7 Å². The Balaban J connectivity index is 1.57. The van der Waals surface area contributed by atoms with Crippen molar-refractivity contribution in [1.29, 1.82) is 0 Å². The van der Waals surface area contributed by atoms with E-state index in [2.05, 4.69) is 0 Å². The van der Waals surface area contributed by atoms with Crippen LogP contribution in [0.5, 0.6) is 5.75 Å². The molecule has 0 spiro atoms. The number of amides is 1. The van der Waals surface area contributed by atoms with Crippen molar-refractivity contribution in [1.82, 2.24) is 4.90 Å². The molecule has 1 aliphatic carbocycles. The number of rotatable bonds is 5. The molecule has 1 unspecified atom stereocenters. The summed E-state index contributed by atoms with van der Waals surface area (Å²) in [5.74, 6) is -0.398. The van der Waals surface area contributed by atoms with Crippen LogP contribution in [0.1, 0.15) is 46.9 Å². The van der Waals surface area contributed by atoms with Crippen LogP contribution in [0.4, 0.5) is 0 Å². The van der Waals surface area contributed by atoms with Crippen molar-refractivity contribution in [3.05, 3.63) is 94.4 Å². The fourth-order valence-corrected chi connectivity index (χ4v) is 4.75. The minimum Gasteiger partial charge on any atom is -0.507 e. The standard InChI is InChI=1S/C27H25NO5/c1-32-21-12-8-17(9-13-21)16-28-24(22-7-4-14-33-22)23(26(30)27(28)31)25(29)20-11-10-18-5-2-3-6-19(18)15-20/h4,7-15,24,29H,2-3,5-6,16H2,1H3/b25-23-. The lowest BCUT2D eigenvalue weighted by molar-refractivity contribution is -0.140. The van der Waals surface area contributed by atoms with Crippen molar-refractivity contribution in [2.24, 2.45) is 0 Å². The summed E-state index contributed by atoms with van der Waals surface area (Å²) in [6.07, 6.45) is 5.74. The Bertz CT molecular complexity index is 1220. The van der Waals surface area contributed by atoms with Crippen LogP contribution in [0, 0.1) is 0 Å². The second kappa shape index (κ2) is 8.62. The van der Waals surface area contributed by atoms with Crippen LogP contribution in [-0.4, -0.2) is 28.8 Å². The lowest BCUT2D eigenvalue weighted by Crippen LogP contribution is -2.29. The van der Waals surface area contributed by atoms with E-state index in [1.165, 1.54) is 22.3 Å². The zero-order valence-electron chi connectivity index (χ0n) is 18.4. The van der Waals surface area contributed by atoms with Gasteiger partial charge in [-0.05, 0) is 72.7 Å². The van der Waals surface area contributed by atoms with Crippen molar-refractivity contribution >= 4 is 17.4 Å². The Labute approximate surface area is 192 Å². The van der Waals surface area contributed by atoms with Gasteiger partial charge >= 0.3 is 0 Å². The molecule has 2 aromatic carbocycles. The van der Waals surface area contributed by atoms with Gasteiger partial charge in [-0.15, -0.1) is 0 Å². The summed E-state index contributed by atoms with van der Waals surface area (Å²) in [5.41, 5.74) is 3.91. The third-order valence-corrected chi connectivity index (χ3v) is 6.49. The van der Waals surface area contributed by atoms with E-state index in [1.807, 2.05) is 30.3 Å². The Morgan fingerprint density at radius 1 is 1.06 bits per heavy atom. The predicted octanol–water partition coefficient (Wildman–Crippen LogP) is 4.79. The number of carbonyl (C=O) groups excluding carboxylic acids is 2. The van der Waals surface area contributed by atoms with Crippen LogP contribution >= 0.6 is 0 Å². The predicted molar refractivity (Wildman–Crippen MR) is 123 cm³/mol. The molecule has 2 heterocycles. The zero-order chi connectivity index (χ0) is 22.9. The number of carbonyl (C=O) groups is 2. The van der Waals surface area contributed by atoms with Crippen LogP contribution < -0.4 is 4.74 Å². The summed E-state index contributed by atoms with van der Waals surface area (Å²) in [7, 11) is 1.59. The molecule has 0 radical (unpaired) electrons. The molecule has 1 N–H and O–H groups in total. The first-order valence-electron chi connectivity index (χ1n) is 11.1. The molecule has 2 aliphatic rings. The molecule has 6 heteroatoms. The van der Waals surface area contributed by atoms with Crippen LogP contribution in [0.15, 0.2) is 70.9 Å². The number of benzene rings is 2. The van der Waals surface area contributed by atoms with Gasteiger partial charge in [0.25, 0.3) is 11.7 Å². The molecule has 1 saturated heterocycles. The van der Waals surface area contributed by atoms with Gasteiger partial charge in [-0.2, -0.15) is 0 Å². The van der Waals surface area contributed by atoms with Crippen molar-refractivity contribution < 1.29 is 23.8 Å². The molecule has 3 aromatic rings. The molecule has 1 aliphatic heterocycles. The summed E-state index contributed by atoms with van der Waals surface area (Å²) < 4.78 is 10.8. The smallest absolute Gasteiger partial charge is 0.296 e. The molecular weight excluding hydrogens is 418 g/mol. The van der Waals surface area contributed by atoms with E-state index in [4.69, 9.17) is 9.15 Å². The molecule has 0 saturated carbocycles. The number of ketones is 1. The lowest BCUT2D eigenvalue weighted by atomic mass is 9.89. The number of Topliss-reactive ketones (excluding diaryl/α,β-unsaturated/α-hetero) is 1. The molecule has 1 amide bonds. The highest BCUT2D eigenvalue weighted by Crippen LogP contribution is 2.41. The SMILES string of the molecule is COc1ccc(CN2C(=O)C(=O)/C(=C(\O)c3ccc4c(c3)CCCC4)C2c2ccco2)cc1. The zero-order valence-corrected chi connectivity index (χ0v) is 18.4. The fraction of sp³-hybridized carbons (Fsp3) is 0.259. The number of furan rings is 1. The van der Waals surface area contributed by atoms with Gasteiger partial charge in [-0.1, -0.05) is 24.3 Å². The molecule has 1 aromatic heterocycles. The highest BCUT2D eigenvalue weighted by molar-refractivity contribution is 6.46. The lowest BCUT2D eigenvalue weighted by Gasteiger charge is -2.23. The maximum atomic E-state index is 13.1. The van der Waals surface area contributed by atoms with E-state index in [9.17, 15) is 14.7 Å². The van der Waals surface area contributed by atoms with E-state index >= 15 is 0 Å². The van der Waals surface area contributed by atoms with Gasteiger partial charge in [0.2, 0.25) is 0 Å². The van der Waals surface area contributed by atoms with Crippen LogP contribution in [-0.2, 0) is 29.0 Å². The van der Waals surface area contributed by atoms with Crippen LogP contribution in [0.3, 0.4) is 0 Å². The number of aliphatic hydroxyl groups excluding tert-OH is 1. The van der Waals surface area contributed by atoms with Crippen molar-refractivity contribution in [3.8, 4) is 5.75 Å². The van der Waals surface area contributed by atoms with Gasteiger partial charge < -0.3 is 19.2 Å². The van der Waals surface area contributed by atoms with Gasteiger partial charge in [-0.3, -0.25) is 9.59 Å². The number of likely N-dealkylation sites (tertiary alicyclic amines) is 1. The monoisotopic (exact) mass is 443 g/mol. The maximum Gasteiger partial charge on any atom is 0.296 e. The van der Waals surface area contributed by atoms with E-state index in [1.54, 1.807) is 31.4 Å². The first-order chi connectivity index (χ1) is 16.1. The number of nitrogens with zero attached hydrogens (tertiary/aromatic N) is 1. The quantitative estimate of drug-likeness (QED) is 0.348. The normalized spacial score (nSPS) is 19.5. The minimum absolute atomic E-state index is 0.0548. The summed E-state index contributed by atoms with van der Waals surface area (Å²) in [4.78, 5) is 27.7. The topological polar surface area (TPSA) is 80.0 Å². The summed E-state index contributed by atoms with van der Waals surface area (Å²) >= 11 is 0. The maximum absolute atomic E-state index is 13.1. The Kier molecular flexibility index (Phi) is 5.50. The first-order valence-corrected chi connectivity index (χ1v) is 11.1. The number of methoxy groups -OCH3 is 1.